The highest BCUT2D eigenvalue weighted by molar-refractivity contribution is 6.42. The van der Waals surface area contributed by atoms with Crippen LogP contribution in [0.2, 0.25) is 10.0 Å². The van der Waals surface area contributed by atoms with Crippen molar-refractivity contribution in [2.45, 2.75) is 19.4 Å². The van der Waals surface area contributed by atoms with Crippen LogP contribution in [0.3, 0.4) is 0 Å². The van der Waals surface area contributed by atoms with Crippen molar-refractivity contribution < 1.29 is 4.79 Å². The predicted octanol–water partition coefficient (Wildman–Crippen LogP) is 3.67. The van der Waals surface area contributed by atoms with E-state index in [0.29, 0.717) is 16.6 Å². The maximum absolute atomic E-state index is 10.9. The first-order chi connectivity index (χ1) is 10.5. The highest BCUT2D eigenvalue weighted by Gasteiger charge is 2.07. The van der Waals surface area contributed by atoms with Crippen LogP contribution >= 0.6 is 23.2 Å². The number of benzene rings is 2. The Morgan fingerprint density at radius 3 is 2.32 bits per heavy atom. The van der Waals surface area contributed by atoms with Crippen LogP contribution in [0, 0.1) is 0 Å². The first-order valence-corrected chi connectivity index (χ1v) is 7.80. The average Bonchev–Trinajstić information content (AvgIpc) is 2.50. The molecule has 22 heavy (non-hydrogen) atoms. The van der Waals surface area contributed by atoms with Gasteiger partial charge in [0.2, 0.25) is 5.91 Å². The molecule has 116 valence electrons. The topological polar surface area (TPSA) is 55.1 Å². The highest BCUT2D eigenvalue weighted by Crippen LogP contribution is 2.28. The van der Waals surface area contributed by atoms with E-state index in [0.717, 1.165) is 17.5 Å². The molecule has 0 aliphatic heterocycles. The van der Waals surface area contributed by atoms with Gasteiger partial charge in [0.15, 0.2) is 0 Å². The number of nitrogens with one attached hydrogen (secondary N) is 1. The third-order valence-electron chi connectivity index (χ3n) is 3.50. The summed E-state index contributed by atoms with van der Waals surface area (Å²) in [6.07, 6.45) is 0.833. The van der Waals surface area contributed by atoms with Gasteiger partial charge in [0.1, 0.15) is 0 Å². The molecule has 2 rings (SSSR count). The van der Waals surface area contributed by atoms with E-state index < -0.39 is 0 Å². The molecule has 2 aromatic rings. The van der Waals surface area contributed by atoms with Gasteiger partial charge in [0, 0.05) is 0 Å². The van der Waals surface area contributed by atoms with Crippen molar-refractivity contribution in [1.82, 2.24) is 5.32 Å². The summed E-state index contributed by atoms with van der Waals surface area (Å²) in [4.78, 5) is 10.9. The van der Waals surface area contributed by atoms with E-state index in [9.17, 15) is 4.79 Å². The summed E-state index contributed by atoms with van der Waals surface area (Å²) in [5, 5.41) is 4.19. The van der Waals surface area contributed by atoms with Gasteiger partial charge in [-0.25, -0.2) is 0 Å². The highest BCUT2D eigenvalue weighted by atomic mass is 35.5. The lowest BCUT2D eigenvalue weighted by molar-refractivity contribution is -0.119. The van der Waals surface area contributed by atoms with Gasteiger partial charge in [-0.05, 0) is 48.7 Å². The Balaban J connectivity index is 1.98. The van der Waals surface area contributed by atoms with E-state index >= 15 is 0 Å². The fraction of sp³-hybridized carbons (Fsp3) is 0.235. The van der Waals surface area contributed by atoms with Crippen LogP contribution in [0.15, 0.2) is 42.5 Å². The molecule has 3 nitrogen and oxygen atoms in total. The van der Waals surface area contributed by atoms with Gasteiger partial charge < -0.3 is 11.1 Å². The maximum Gasteiger partial charge on any atom is 0.234 e. The van der Waals surface area contributed by atoms with Crippen molar-refractivity contribution in [3.05, 3.63) is 58.1 Å². The Kier molecular flexibility index (Phi) is 5.83. The molecule has 3 N–H and O–H groups in total. The lowest BCUT2D eigenvalue weighted by Gasteiger charge is -2.10. The fourth-order valence-electron chi connectivity index (χ4n) is 2.07. The second-order valence-electron chi connectivity index (χ2n) is 5.15. The standard InChI is InChI=1S/C17H18Cl2N2O/c1-11(17(20)22)21-9-8-12-2-4-13(5-3-12)14-6-7-15(18)16(19)10-14/h2-7,10-11,21H,8-9H2,1H3,(H2,20,22). The minimum Gasteiger partial charge on any atom is -0.368 e. The van der Waals surface area contributed by atoms with Crippen LogP contribution in [0.1, 0.15) is 12.5 Å². The molecule has 0 aliphatic carbocycles. The zero-order chi connectivity index (χ0) is 16.1. The van der Waals surface area contributed by atoms with Gasteiger partial charge in [0.25, 0.3) is 0 Å². The summed E-state index contributed by atoms with van der Waals surface area (Å²) in [5.74, 6) is -0.338. The number of hydrogen-bond acceptors (Lipinski definition) is 2. The summed E-state index contributed by atoms with van der Waals surface area (Å²) < 4.78 is 0. The molecule has 5 heteroatoms. The first-order valence-electron chi connectivity index (χ1n) is 7.04. The van der Waals surface area contributed by atoms with Crippen molar-refractivity contribution in [1.29, 1.82) is 0 Å². The molecule has 0 heterocycles. The lowest BCUT2D eigenvalue weighted by atomic mass is 10.0. The number of primary amides is 1. The van der Waals surface area contributed by atoms with E-state index in [4.69, 9.17) is 28.9 Å². The molecule has 0 aliphatic rings. The average molecular weight is 337 g/mol. The molecule has 1 unspecified atom stereocenters. The minimum atomic E-state index is -0.338. The second kappa shape index (κ2) is 7.63. The quantitative estimate of drug-likeness (QED) is 0.845. The van der Waals surface area contributed by atoms with Crippen LogP contribution in [0.5, 0.6) is 0 Å². The van der Waals surface area contributed by atoms with E-state index in [2.05, 4.69) is 17.4 Å². The van der Waals surface area contributed by atoms with Crippen molar-refractivity contribution in [2.24, 2.45) is 5.73 Å². The smallest absolute Gasteiger partial charge is 0.234 e. The van der Waals surface area contributed by atoms with Crippen LogP contribution in [0.4, 0.5) is 0 Å². The van der Waals surface area contributed by atoms with Crippen LogP contribution in [-0.2, 0) is 11.2 Å². The van der Waals surface area contributed by atoms with Gasteiger partial charge in [0.05, 0.1) is 16.1 Å². The Morgan fingerprint density at radius 1 is 1.09 bits per heavy atom. The fourth-order valence-corrected chi connectivity index (χ4v) is 2.37. The molecule has 0 spiro atoms. The largest absolute Gasteiger partial charge is 0.368 e. The SMILES string of the molecule is CC(NCCc1ccc(-c2ccc(Cl)c(Cl)c2)cc1)C(N)=O. The van der Waals surface area contributed by atoms with Gasteiger partial charge in [-0.2, -0.15) is 0 Å². The molecule has 0 saturated carbocycles. The number of rotatable bonds is 6. The van der Waals surface area contributed by atoms with Crippen molar-refractivity contribution in [3.8, 4) is 11.1 Å². The molecule has 0 fully saturated rings. The molecule has 0 saturated heterocycles. The van der Waals surface area contributed by atoms with Crippen molar-refractivity contribution >= 4 is 29.1 Å². The third kappa shape index (κ3) is 4.47. The zero-order valence-electron chi connectivity index (χ0n) is 12.3. The maximum atomic E-state index is 10.9. The molecule has 0 radical (unpaired) electrons. The normalized spacial score (nSPS) is 12.1. The van der Waals surface area contributed by atoms with Gasteiger partial charge in [-0.15, -0.1) is 0 Å². The number of halogens is 2. The predicted molar refractivity (Wildman–Crippen MR) is 92.3 cm³/mol. The summed E-state index contributed by atoms with van der Waals surface area (Å²) >= 11 is 12.0. The zero-order valence-corrected chi connectivity index (χ0v) is 13.8. The van der Waals surface area contributed by atoms with Crippen molar-refractivity contribution in [3.63, 3.8) is 0 Å². The molecular formula is C17H18Cl2N2O. The molecule has 2 aromatic carbocycles. The van der Waals surface area contributed by atoms with E-state index in [-0.39, 0.29) is 11.9 Å². The number of carbonyl (C=O) groups is 1. The van der Waals surface area contributed by atoms with Gasteiger partial charge in [-0.3, -0.25) is 4.79 Å². The molecular weight excluding hydrogens is 319 g/mol. The van der Waals surface area contributed by atoms with E-state index in [1.54, 1.807) is 13.0 Å². The lowest BCUT2D eigenvalue weighted by Crippen LogP contribution is -2.39. The molecule has 1 atom stereocenters. The van der Waals surface area contributed by atoms with E-state index in [1.807, 2.05) is 24.3 Å². The monoisotopic (exact) mass is 336 g/mol. The van der Waals surface area contributed by atoms with Gasteiger partial charge >= 0.3 is 0 Å². The van der Waals surface area contributed by atoms with Crippen LogP contribution in [-0.4, -0.2) is 18.5 Å². The minimum absolute atomic E-state index is 0.310. The molecule has 0 bridgehead atoms. The number of carbonyl (C=O) groups excluding carboxylic acids is 1. The van der Waals surface area contributed by atoms with E-state index in [1.165, 1.54) is 5.56 Å². The summed E-state index contributed by atoms with van der Waals surface area (Å²) in [7, 11) is 0. The Hall–Kier alpha value is -1.55. The van der Waals surface area contributed by atoms with Crippen LogP contribution < -0.4 is 11.1 Å². The number of nitrogens with two attached hydrogens (primary N) is 1. The number of amides is 1. The van der Waals surface area contributed by atoms with Gasteiger partial charge in [-0.1, -0.05) is 53.5 Å². The second-order valence-corrected chi connectivity index (χ2v) is 5.97. The Bertz CT molecular complexity index is 656. The Morgan fingerprint density at radius 2 is 1.73 bits per heavy atom. The van der Waals surface area contributed by atoms with Crippen LogP contribution in [0.25, 0.3) is 11.1 Å². The molecule has 1 amide bonds. The summed E-state index contributed by atoms with van der Waals surface area (Å²) in [6.45, 7) is 2.46. The third-order valence-corrected chi connectivity index (χ3v) is 4.24. The summed E-state index contributed by atoms with van der Waals surface area (Å²) in [6, 6.07) is 13.5. The first kappa shape index (κ1) is 16.8. The number of hydrogen-bond donors (Lipinski definition) is 2. The Labute approximate surface area is 140 Å². The molecule has 0 aromatic heterocycles. The summed E-state index contributed by atoms with van der Waals surface area (Å²) in [5.41, 5.74) is 8.50. The van der Waals surface area contributed by atoms with Crippen molar-refractivity contribution in [2.75, 3.05) is 6.54 Å².